The number of amides is 6. The van der Waals surface area contributed by atoms with Crippen molar-refractivity contribution in [3.63, 3.8) is 0 Å². The highest BCUT2D eigenvalue weighted by atomic mass is 32.2. The molecule has 0 spiro atoms. The van der Waals surface area contributed by atoms with Crippen LogP contribution in [0.1, 0.15) is 25.7 Å². The highest BCUT2D eigenvalue weighted by Gasteiger charge is 2.32. The first-order valence-electron chi connectivity index (χ1n) is 20.6. The number of nitrogens with one attached hydrogen (secondary N) is 4. The van der Waals surface area contributed by atoms with Gasteiger partial charge in [-0.1, -0.05) is 46.1 Å². The standard InChI is InChI=1S/C18H28N2O8S3.C11H18N2O6S2.C10H16N2O6S2/c1-4-29(23,24)10-7-16-13-19(17(21)8-11-30(25,26)5-2)15-20(14-16)18(22)9-12-31(27,28)6-3;1-3-20(16,17)8-10(14)12-6-5-7-13-11(15)9-21(18,19)4-2;1-3-19(15,16)7-9(13)11-5-6-12-10(14)8-20(17,18)4-2/h4-6,16H,1-3,7-15H2;3-4H,1-2,5-9H2,(H,12,14)(H,13,15);3-4H,1-2,5-8H2,(H,11,13)(H,12,14). The number of sulfone groups is 7. The average molecular weight is 1160 g/mol. The fourth-order valence-corrected chi connectivity index (χ4v) is 9.44. The summed E-state index contributed by atoms with van der Waals surface area (Å²) in [5.74, 6) is -8.15. The largest absolute Gasteiger partial charge is 0.355 e. The van der Waals surface area contributed by atoms with Gasteiger partial charge >= 0.3 is 0 Å². The van der Waals surface area contributed by atoms with Crippen molar-refractivity contribution in [1.29, 1.82) is 0 Å². The average Bonchev–Trinajstić information content (AvgIpc) is 3.30. The minimum atomic E-state index is -3.63. The van der Waals surface area contributed by atoms with E-state index in [0.29, 0.717) is 28.1 Å². The number of hydrogen-bond acceptors (Lipinski definition) is 20. The molecule has 0 aliphatic carbocycles. The summed E-state index contributed by atoms with van der Waals surface area (Å²) in [6, 6.07) is 0. The third-order valence-electron chi connectivity index (χ3n) is 8.89. The van der Waals surface area contributed by atoms with Crippen molar-refractivity contribution in [3.05, 3.63) is 83.9 Å². The topological polar surface area (TPSA) is 396 Å². The molecule has 0 unspecified atom stereocenters. The van der Waals surface area contributed by atoms with Gasteiger partial charge in [-0.25, -0.2) is 58.9 Å². The van der Waals surface area contributed by atoms with E-state index in [9.17, 15) is 87.7 Å². The summed E-state index contributed by atoms with van der Waals surface area (Å²) in [5, 5.41) is 14.3. The zero-order valence-corrected chi connectivity index (χ0v) is 44.9. The van der Waals surface area contributed by atoms with E-state index >= 15 is 0 Å². The third-order valence-corrected chi connectivity index (χ3v) is 17.5. The molecule has 1 heterocycles. The maximum absolute atomic E-state index is 12.5. The molecule has 0 bridgehead atoms. The Labute approximate surface area is 422 Å². The summed E-state index contributed by atoms with van der Waals surface area (Å²) < 4.78 is 158. The van der Waals surface area contributed by atoms with E-state index < -0.39 is 139 Å². The van der Waals surface area contributed by atoms with Crippen LogP contribution < -0.4 is 21.3 Å². The van der Waals surface area contributed by atoms with Gasteiger partial charge < -0.3 is 31.1 Å². The summed E-state index contributed by atoms with van der Waals surface area (Å²) >= 11 is 0. The molecule has 1 aliphatic rings. The van der Waals surface area contributed by atoms with E-state index in [1.807, 2.05) is 0 Å². The lowest BCUT2D eigenvalue weighted by Gasteiger charge is -2.40. The Bertz CT molecular complexity index is 2660. The van der Waals surface area contributed by atoms with E-state index in [4.69, 9.17) is 0 Å². The van der Waals surface area contributed by atoms with Crippen LogP contribution >= 0.6 is 0 Å². The SMILES string of the molecule is C=CS(=O)(=O)CC(=O)NCCCNC(=O)CS(=O)(=O)C=C.C=CS(=O)(=O)CC(=O)NCCNC(=O)CS(=O)(=O)C=C.C=CS(=O)(=O)CCC(=O)N1CC(CCS(=O)(=O)C=C)CN(C(=O)CCS(=O)(=O)C=C)C1. The van der Waals surface area contributed by atoms with Crippen LogP contribution in [-0.2, 0) is 97.6 Å². The third kappa shape index (κ3) is 33.3. The zero-order valence-electron chi connectivity index (χ0n) is 39.2. The minimum absolute atomic E-state index is 0.0224. The smallest absolute Gasteiger partial charge is 0.235 e. The van der Waals surface area contributed by atoms with E-state index in [1.165, 1.54) is 9.80 Å². The van der Waals surface area contributed by atoms with Crippen LogP contribution in [0.15, 0.2) is 83.9 Å². The van der Waals surface area contributed by atoms with Gasteiger partial charge in [0, 0.05) is 90.0 Å². The fraction of sp³-hybridized carbons (Fsp3) is 0.487. The van der Waals surface area contributed by atoms with Crippen molar-refractivity contribution in [2.75, 3.05) is 86.2 Å². The molecule has 0 aromatic carbocycles. The van der Waals surface area contributed by atoms with Gasteiger partial charge in [0.05, 0.1) is 23.9 Å². The molecule has 1 saturated heterocycles. The lowest BCUT2D eigenvalue weighted by molar-refractivity contribution is -0.144. The summed E-state index contributed by atoms with van der Waals surface area (Å²) in [5.41, 5.74) is 0. The second-order valence-corrected chi connectivity index (χ2v) is 28.8. The predicted molar refractivity (Wildman–Crippen MR) is 270 cm³/mol. The molecule has 6 amide bonds. The Morgan fingerprint density at radius 2 is 0.639 bits per heavy atom. The fourth-order valence-electron chi connectivity index (χ4n) is 5.02. The molecular weight excluding hydrogens is 1100 g/mol. The van der Waals surface area contributed by atoms with Gasteiger partial charge in [0.25, 0.3) is 0 Å². The van der Waals surface area contributed by atoms with Crippen LogP contribution in [0, 0.1) is 5.92 Å². The Balaban J connectivity index is 0. The van der Waals surface area contributed by atoms with E-state index in [1.54, 1.807) is 0 Å². The first kappa shape index (κ1) is 68.7. The number of hydrogen-bond donors (Lipinski definition) is 4. The summed E-state index contributed by atoms with van der Waals surface area (Å²) in [7, 11) is -25.1. The maximum atomic E-state index is 12.5. The van der Waals surface area contributed by atoms with E-state index in [0.717, 1.165) is 16.2 Å². The van der Waals surface area contributed by atoms with Crippen LogP contribution in [0.5, 0.6) is 0 Å². The highest BCUT2D eigenvalue weighted by molar-refractivity contribution is 7.96. The first-order valence-corrected chi connectivity index (χ1v) is 32.6. The molecular formula is C39H62N6O20S7. The first-order chi connectivity index (χ1) is 33.0. The molecule has 33 heteroatoms. The molecule has 0 saturated carbocycles. The van der Waals surface area contributed by atoms with Gasteiger partial charge in [-0.15, -0.1) is 0 Å². The monoisotopic (exact) mass is 1160 g/mol. The lowest BCUT2D eigenvalue weighted by Crippen LogP contribution is -2.54. The molecule has 72 heavy (non-hydrogen) atoms. The van der Waals surface area contributed by atoms with Crippen molar-refractivity contribution in [3.8, 4) is 0 Å². The van der Waals surface area contributed by atoms with Crippen molar-refractivity contribution >= 4 is 104 Å². The Hall–Kier alpha value is -5.35. The van der Waals surface area contributed by atoms with E-state index in [-0.39, 0.29) is 76.9 Å². The van der Waals surface area contributed by atoms with Crippen LogP contribution in [0.4, 0.5) is 0 Å². The van der Waals surface area contributed by atoms with Crippen LogP contribution in [0.2, 0.25) is 0 Å². The van der Waals surface area contributed by atoms with Gasteiger partial charge in [0.2, 0.25) is 35.4 Å². The van der Waals surface area contributed by atoms with Gasteiger partial charge in [0.15, 0.2) is 68.9 Å². The lowest BCUT2D eigenvalue weighted by atomic mass is 10.0. The number of carbonyl (C=O) groups is 6. The molecule has 0 aromatic rings. The van der Waals surface area contributed by atoms with Crippen molar-refractivity contribution in [2.24, 2.45) is 5.92 Å². The molecule has 410 valence electrons. The zero-order chi connectivity index (χ0) is 56.2. The Morgan fingerprint density at radius 1 is 0.389 bits per heavy atom. The predicted octanol–water partition coefficient (Wildman–Crippen LogP) is -2.86. The van der Waals surface area contributed by atoms with Crippen molar-refractivity contribution in [1.82, 2.24) is 31.1 Å². The Kier molecular flexibility index (Phi) is 30.5. The quantitative estimate of drug-likeness (QED) is 0.0507. The van der Waals surface area contributed by atoms with Crippen LogP contribution in [0.25, 0.3) is 0 Å². The van der Waals surface area contributed by atoms with E-state index in [2.05, 4.69) is 67.3 Å². The second kappa shape index (κ2) is 32.0. The molecule has 26 nitrogen and oxygen atoms in total. The summed E-state index contributed by atoms with van der Waals surface area (Å²) in [4.78, 5) is 72.5. The molecule has 0 radical (unpaired) electrons. The summed E-state index contributed by atoms with van der Waals surface area (Å²) in [6.45, 7) is 22.3. The van der Waals surface area contributed by atoms with Gasteiger partial charge in [-0.05, 0) is 18.8 Å². The number of nitrogens with zero attached hydrogens (tertiary/aromatic N) is 2. The van der Waals surface area contributed by atoms with Crippen molar-refractivity contribution in [2.45, 2.75) is 25.7 Å². The molecule has 0 aromatic heterocycles. The number of carbonyl (C=O) groups excluding carboxylic acids is 6. The van der Waals surface area contributed by atoms with Crippen LogP contribution in [-0.4, -0.2) is 190 Å². The molecule has 4 N–H and O–H groups in total. The Morgan fingerprint density at radius 3 is 0.903 bits per heavy atom. The highest BCUT2D eigenvalue weighted by Crippen LogP contribution is 2.19. The molecule has 0 atom stereocenters. The minimum Gasteiger partial charge on any atom is -0.355 e. The van der Waals surface area contributed by atoms with Gasteiger partial charge in [-0.3, -0.25) is 28.8 Å². The van der Waals surface area contributed by atoms with Crippen LogP contribution in [0.3, 0.4) is 0 Å². The van der Waals surface area contributed by atoms with Gasteiger partial charge in [0.1, 0.15) is 23.0 Å². The number of rotatable bonds is 31. The van der Waals surface area contributed by atoms with Crippen molar-refractivity contribution < 1.29 is 87.7 Å². The maximum Gasteiger partial charge on any atom is 0.235 e. The molecule has 1 fully saturated rings. The molecule has 1 rings (SSSR count). The van der Waals surface area contributed by atoms with Gasteiger partial charge in [-0.2, -0.15) is 0 Å². The second-order valence-electron chi connectivity index (χ2n) is 14.8. The summed E-state index contributed by atoms with van der Waals surface area (Å²) in [6.07, 6.45) is -0.157. The normalized spacial score (nSPS) is 13.4. The molecule has 1 aliphatic heterocycles.